The van der Waals surface area contributed by atoms with Crippen molar-refractivity contribution in [3.63, 3.8) is 0 Å². The molecule has 1 saturated carbocycles. The lowest BCUT2D eigenvalue weighted by molar-refractivity contribution is 0.00504. The van der Waals surface area contributed by atoms with Crippen LogP contribution in [0.5, 0.6) is 0 Å². The monoisotopic (exact) mass is 402 g/mol. The fraction of sp³-hybridized carbons (Fsp3) is 0.684. The van der Waals surface area contributed by atoms with Gasteiger partial charge in [0.2, 0.25) is 10.0 Å². The van der Waals surface area contributed by atoms with Gasteiger partial charge in [-0.2, -0.15) is 0 Å². The largest absolute Gasteiger partial charge is 0.377 e. The molecule has 0 unspecified atom stereocenters. The van der Waals surface area contributed by atoms with Gasteiger partial charge in [-0.15, -0.1) is 0 Å². The normalized spacial score (nSPS) is 29.6. The summed E-state index contributed by atoms with van der Waals surface area (Å²) >= 11 is 0. The Morgan fingerprint density at radius 2 is 1.93 bits per heavy atom. The first-order valence-electron chi connectivity index (χ1n) is 9.59. The van der Waals surface area contributed by atoms with Crippen molar-refractivity contribution in [2.75, 3.05) is 19.4 Å². The molecule has 0 spiro atoms. The van der Waals surface area contributed by atoms with Crippen molar-refractivity contribution >= 4 is 10.0 Å². The van der Waals surface area contributed by atoms with Crippen LogP contribution < -0.4 is 10.0 Å². The summed E-state index contributed by atoms with van der Waals surface area (Å²) < 4.78 is 59.2. The van der Waals surface area contributed by atoms with E-state index in [1.807, 2.05) is 0 Å². The molecular weight excluding hydrogens is 374 g/mol. The maximum absolute atomic E-state index is 14.0. The van der Waals surface area contributed by atoms with Crippen LogP contribution in [0.1, 0.15) is 50.0 Å². The molecule has 3 rings (SSSR count). The molecule has 8 heteroatoms. The highest BCUT2D eigenvalue weighted by molar-refractivity contribution is 7.88. The van der Waals surface area contributed by atoms with Gasteiger partial charge in [0.25, 0.3) is 0 Å². The van der Waals surface area contributed by atoms with E-state index in [2.05, 4.69) is 10.0 Å². The molecule has 5 nitrogen and oxygen atoms in total. The molecule has 2 aliphatic rings. The topological polar surface area (TPSA) is 67.4 Å². The van der Waals surface area contributed by atoms with Gasteiger partial charge >= 0.3 is 0 Å². The summed E-state index contributed by atoms with van der Waals surface area (Å²) in [4.78, 5) is 0. The summed E-state index contributed by atoms with van der Waals surface area (Å²) in [6.45, 7) is 1.29. The zero-order chi connectivity index (χ0) is 19.4. The summed E-state index contributed by atoms with van der Waals surface area (Å²) in [5.74, 6) is -1.50. The van der Waals surface area contributed by atoms with E-state index < -0.39 is 21.7 Å². The Kier molecular flexibility index (Phi) is 6.83. The van der Waals surface area contributed by atoms with Crippen LogP contribution in [0.15, 0.2) is 18.2 Å². The Balaban J connectivity index is 1.49. The lowest BCUT2D eigenvalue weighted by Crippen LogP contribution is -2.55. The minimum Gasteiger partial charge on any atom is -0.377 e. The number of rotatable bonds is 6. The standard InChI is InChI=1S/C19H28F2N2O3S/c1-27(24,25)23-17-6-3-11-22-18(17)12-26-14-9-7-13(8-10-14)15-4-2-5-16(20)19(15)21/h2,4-5,13-14,17-18,22-23H,3,6-12H2,1H3/t13-,14+,17-,18-/m0/s1. The molecule has 1 heterocycles. The third kappa shape index (κ3) is 5.70. The number of halogens is 2. The molecule has 0 amide bonds. The molecular formula is C19H28F2N2O3S. The molecule has 1 saturated heterocycles. The minimum atomic E-state index is -3.26. The zero-order valence-electron chi connectivity index (χ0n) is 15.6. The van der Waals surface area contributed by atoms with E-state index in [1.165, 1.54) is 6.26 Å². The van der Waals surface area contributed by atoms with Gasteiger partial charge in [-0.3, -0.25) is 0 Å². The molecule has 1 aromatic carbocycles. The number of nitrogens with one attached hydrogen (secondary N) is 2. The first-order valence-corrected chi connectivity index (χ1v) is 11.5. The van der Waals surface area contributed by atoms with Crippen LogP contribution in [-0.2, 0) is 14.8 Å². The first-order chi connectivity index (χ1) is 12.8. The first kappa shape index (κ1) is 20.6. The number of hydrogen-bond donors (Lipinski definition) is 2. The predicted octanol–water partition coefficient (Wildman–Crippen LogP) is 2.68. The van der Waals surface area contributed by atoms with Gasteiger partial charge in [-0.1, -0.05) is 12.1 Å². The third-order valence-corrected chi connectivity index (χ3v) is 6.29. The molecule has 0 aromatic heterocycles. The fourth-order valence-corrected chi connectivity index (χ4v) is 4.99. The molecule has 2 N–H and O–H groups in total. The Hall–Kier alpha value is -1.09. The van der Waals surface area contributed by atoms with Crippen molar-refractivity contribution in [2.24, 2.45) is 0 Å². The second-order valence-corrected chi connectivity index (χ2v) is 9.43. The van der Waals surface area contributed by atoms with E-state index in [9.17, 15) is 17.2 Å². The Morgan fingerprint density at radius 3 is 2.63 bits per heavy atom. The van der Waals surface area contributed by atoms with Crippen molar-refractivity contribution in [3.05, 3.63) is 35.4 Å². The number of benzene rings is 1. The number of piperidine rings is 1. The summed E-state index contributed by atoms with van der Waals surface area (Å²) in [5.41, 5.74) is 0.458. The van der Waals surface area contributed by atoms with Crippen LogP contribution in [0.3, 0.4) is 0 Å². The second kappa shape index (κ2) is 8.94. The maximum Gasteiger partial charge on any atom is 0.209 e. The van der Waals surface area contributed by atoms with Crippen LogP contribution in [0.25, 0.3) is 0 Å². The summed E-state index contributed by atoms with van der Waals surface area (Å²) in [5, 5.41) is 3.34. The van der Waals surface area contributed by atoms with Gasteiger partial charge in [0, 0.05) is 12.1 Å². The quantitative estimate of drug-likeness (QED) is 0.768. The van der Waals surface area contributed by atoms with E-state index in [0.29, 0.717) is 12.2 Å². The van der Waals surface area contributed by atoms with Crippen molar-refractivity contribution in [3.8, 4) is 0 Å². The van der Waals surface area contributed by atoms with Gasteiger partial charge in [-0.05, 0) is 62.6 Å². The van der Waals surface area contributed by atoms with Crippen molar-refractivity contribution < 1.29 is 21.9 Å². The second-order valence-electron chi connectivity index (χ2n) is 7.65. The highest BCUT2D eigenvalue weighted by Crippen LogP contribution is 2.35. The molecule has 0 bridgehead atoms. The van der Waals surface area contributed by atoms with E-state index in [0.717, 1.165) is 51.1 Å². The average Bonchev–Trinajstić information content (AvgIpc) is 2.63. The molecule has 2 atom stereocenters. The van der Waals surface area contributed by atoms with E-state index >= 15 is 0 Å². The Labute approximate surface area is 159 Å². The molecule has 0 radical (unpaired) electrons. The van der Waals surface area contributed by atoms with Crippen molar-refractivity contribution in [2.45, 2.75) is 62.6 Å². The Bertz CT molecular complexity index is 736. The van der Waals surface area contributed by atoms with Crippen molar-refractivity contribution in [1.82, 2.24) is 10.0 Å². The Morgan fingerprint density at radius 1 is 1.19 bits per heavy atom. The molecule has 1 aliphatic carbocycles. The third-order valence-electron chi connectivity index (χ3n) is 5.56. The molecule has 2 fully saturated rings. The highest BCUT2D eigenvalue weighted by Gasteiger charge is 2.30. The molecule has 27 heavy (non-hydrogen) atoms. The van der Waals surface area contributed by atoms with E-state index in [1.54, 1.807) is 12.1 Å². The molecule has 1 aliphatic heterocycles. The van der Waals surface area contributed by atoms with Gasteiger partial charge in [0.1, 0.15) is 0 Å². The molecule has 152 valence electrons. The summed E-state index contributed by atoms with van der Waals surface area (Å²) in [7, 11) is -3.26. The average molecular weight is 403 g/mol. The van der Waals surface area contributed by atoms with E-state index in [-0.39, 0.29) is 24.1 Å². The smallest absolute Gasteiger partial charge is 0.209 e. The summed E-state index contributed by atoms with van der Waals surface area (Å²) in [6, 6.07) is 4.15. The van der Waals surface area contributed by atoms with Crippen LogP contribution in [0.2, 0.25) is 0 Å². The van der Waals surface area contributed by atoms with Crippen molar-refractivity contribution in [1.29, 1.82) is 0 Å². The van der Waals surface area contributed by atoms with Crippen LogP contribution in [0, 0.1) is 11.6 Å². The number of ether oxygens (including phenoxy) is 1. The van der Waals surface area contributed by atoms with E-state index in [4.69, 9.17) is 4.74 Å². The zero-order valence-corrected chi connectivity index (χ0v) is 16.4. The van der Waals surface area contributed by atoms with Crippen LogP contribution in [-0.4, -0.2) is 46.0 Å². The number of hydrogen-bond acceptors (Lipinski definition) is 4. The lowest BCUT2D eigenvalue weighted by Gasteiger charge is -2.35. The SMILES string of the molecule is CS(=O)(=O)N[C@H]1CCCN[C@H]1CO[C@H]1CC[C@@H](c2cccc(F)c2F)CC1. The highest BCUT2D eigenvalue weighted by atomic mass is 32.2. The van der Waals surface area contributed by atoms with Crippen LogP contribution >= 0.6 is 0 Å². The van der Waals surface area contributed by atoms with Gasteiger partial charge < -0.3 is 10.1 Å². The summed E-state index contributed by atoms with van der Waals surface area (Å²) in [6.07, 6.45) is 6.05. The van der Waals surface area contributed by atoms with Gasteiger partial charge in [-0.25, -0.2) is 21.9 Å². The predicted molar refractivity (Wildman–Crippen MR) is 100 cm³/mol. The van der Waals surface area contributed by atoms with Gasteiger partial charge in [0.15, 0.2) is 11.6 Å². The lowest BCUT2D eigenvalue weighted by atomic mass is 9.82. The van der Waals surface area contributed by atoms with Gasteiger partial charge in [0.05, 0.1) is 19.0 Å². The number of sulfonamides is 1. The fourth-order valence-electron chi connectivity index (χ4n) is 4.16. The van der Waals surface area contributed by atoms with Crippen LogP contribution in [0.4, 0.5) is 8.78 Å². The minimum absolute atomic E-state index is 0.0213. The molecule has 1 aromatic rings. The maximum atomic E-state index is 14.0.